The lowest BCUT2D eigenvalue weighted by Gasteiger charge is -2.16. The molecule has 2 heterocycles. The summed E-state index contributed by atoms with van der Waals surface area (Å²) < 4.78 is 0. The molecular formula is C11H17N3. The van der Waals surface area contributed by atoms with Crippen LogP contribution in [-0.2, 0) is 6.42 Å². The zero-order valence-corrected chi connectivity index (χ0v) is 8.45. The highest BCUT2D eigenvalue weighted by Gasteiger charge is 2.13. The van der Waals surface area contributed by atoms with Crippen LogP contribution in [-0.4, -0.2) is 24.6 Å². The van der Waals surface area contributed by atoms with Crippen molar-refractivity contribution in [3.8, 4) is 0 Å². The number of rotatable bonds is 3. The number of aromatic nitrogens is 1. The largest absolute Gasteiger partial charge is 0.357 e. The van der Waals surface area contributed by atoms with Gasteiger partial charge in [0.1, 0.15) is 5.82 Å². The highest BCUT2D eigenvalue weighted by molar-refractivity contribution is 5.40. The van der Waals surface area contributed by atoms with Gasteiger partial charge in [0.15, 0.2) is 0 Å². The quantitative estimate of drug-likeness (QED) is 0.780. The second-order valence-electron chi connectivity index (χ2n) is 3.72. The first-order valence-electron chi connectivity index (χ1n) is 5.31. The summed E-state index contributed by atoms with van der Waals surface area (Å²) in [4.78, 5) is 6.94. The second kappa shape index (κ2) is 4.42. The van der Waals surface area contributed by atoms with Crippen LogP contribution in [0.3, 0.4) is 0 Å². The van der Waals surface area contributed by atoms with Crippen molar-refractivity contribution < 1.29 is 0 Å². The predicted octanol–water partition coefficient (Wildman–Crippen LogP) is 1.18. The average Bonchev–Trinajstić information content (AvgIpc) is 2.71. The number of anilines is 1. The smallest absolute Gasteiger partial charge is 0.128 e. The summed E-state index contributed by atoms with van der Waals surface area (Å²) in [6, 6.07) is 6.21. The lowest BCUT2D eigenvalue weighted by Crippen LogP contribution is -2.19. The van der Waals surface area contributed by atoms with Crippen LogP contribution in [0.1, 0.15) is 18.5 Å². The van der Waals surface area contributed by atoms with Gasteiger partial charge in [-0.3, -0.25) is 0 Å². The molecular weight excluding hydrogens is 174 g/mol. The lowest BCUT2D eigenvalue weighted by atomic mass is 10.2. The first-order chi connectivity index (χ1) is 6.90. The van der Waals surface area contributed by atoms with E-state index in [1.165, 1.54) is 12.8 Å². The maximum Gasteiger partial charge on any atom is 0.128 e. The van der Waals surface area contributed by atoms with E-state index in [1.807, 2.05) is 6.07 Å². The summed E-state index contributed by atoms with van der Waals surface area (Å²) in [6.45, 7) is 2.98. The molecule has 76 valence electrons. The molecule has 1 aromatic rings. The maximum atomic E-state index is 5.51. The van der Waals surface area contributed by atoms with E-state index in [0.717, 1.165) is 31.0 Å². The number of nitrogens with two attached hydrogens (primary N) is 1. The van der Waals surface area contributed by atoms with Gasteiger partial charge < -0.3 is 10.6 Å². The molecule has 0 bridgehead atoms. The lowest BCUT2D eigenvalue weighted by molar-refractivity contribution is 0.885. The van der Waals surface area contributed by atoms with E-state index < -0.39 is 0 Å². The molecule has 3 nitrogen and oxygen atoms in total. The Morgan fingerprint density at radius 2 is 2.07 bits per heavy atom. The zero-order chi connectivity index (χ0) is 9.80. The molecule has 1 fully saturated rings. The Balaban J connectivity index is 2.12. The fourth-order valence-corrected chi connectivity index (χ4v) is 1.88. The van der Waals surface area contributed by atoms with E-state index in [1.54, 1.807) is 0 Å². The number of hydrogen-bond acceptors (Lipinski definition) is 3. The van der Waals surface area contributed by atoms with Gasteiger partial charge in [-0.05, 0) is 31.5 Å². The Bertz CT molecular complexity index is 292. The van der Waals surface area contributed by atoms with Crippen LogP contribution in [0.5, 0.6) is 0 Å². The Morgan fingerprint density at radius 3 is 2.79 bits per heavy atom. The molecule has 14 heavy (non-hydrogen) atoms. The van der Waals surface area contributed by atoms with Gasteiger partial charge in [-0.15, -0.1) is 0 Å². The molecule has 2 rings (SSSR count). The van der Waals surface area contributed by atoms with Gasteiger partial charge in [0, 0.05) is 25.2 Å². The van der Waals surface area contributed by atoms with Crippen molar-refractivity contribution in [2.75, 3.05) is 24.5 Å². The first-order valence-corrected chi connectivity index (χ1v) is 5.31. The molecule has 1 aliphatic heterocycles. The highest BCUT2D eigenvalue weighted by atomic mass is 15.2. The molecule has 1 aliphatic rings. The fourth-order valence-electron chi connectivity index (χ4n) is 1.88. The van der Waals surface area contributed by atoms with Gasteiger partial charge in [0.25, 0.3) is 0 Å². The minimum absolute atomic E-state index is 0.677. The van der Waals surface area contributed by atoms with Crippen molar-refractivity contribution in [1.29, 1.82) is 0 Å². The molecule has 1 saturated heterocycles. The van der Waals surface area contributed by atoms with Crippen LogP contribution < -0.4 is 10.6 Å². The van der Waals surface area contributed by atoms with Crippen molar-refractivity contribution in [3.63, 3.8) is 0 Å². The Kier molecular flexibility index (Phi) is 2.99. The van der Waals surface area contributed by atoms with E-state index in [2.05, 4.69) is 22.0 Å². The Labute approximate surface area is 84.9 Å². The van der Waals surface area contributed by atoms with Crippen LogP contribution in [0, 0.1) is 0 Å². The van der Waals surface area contributed by atoms with Crippen molar-refractivity contribution in [2.45, 2.75) is 19.3 Å². The molecule has 0 radical (unpaired) electrons. The van der Waals surface area contributed by atoms with Crippen LogP contribution in [0.2, 0.25) is 0 Å². The third kappa shape index (κ3) is 2.04. The second-order valence-corrected chi connectivity index (χ2v) is 3.72. The van der Waals surface area contributed by atoms with E-state index in [9.17, 15) is 0 Å². The summed E-state index contributed by atoms with van der Waals surface area (Å²) in [6.07, 6.45) is 3.47. The van der Waals surface area contributed by atoms with Gasteiger partial charge in [-0.25, -0.2) is 4.98 Å². The summed E-state index contributed by atoms with van der Waals surface area (Å²) in [5.74, 6) is 1.12. The fraction of sp³-hybridized carbons (Fsp3) is 0.545. The SMILES string of the molecule is NCCc1cccc(N2CCCC2)n1. The van der Waals surface area contributed by atoms with Gasteiger partial charge in [0.05, 0.1) is 0 Å². The molecule has 0 spiro atoms. The molecule has 0 aromatic carbocycles. The zero-order valence-electron chi connectivity index (χ0n) is 8.45. The monoisotopic (exact) mass is 191 g/mol. The number of nitrogens with zero attached hydrogens (tertiary/aromatic N) is 2. The highest BCUT2D eigenvalue weighted by Crippen LogP contribution is 2.17. The number of pyridine rings is 1. The normalized spacial score (nSPS) is 16.2. The molecule has 0 atom stereocenters. The minimum Gasteiger partial charge on any atom is -0.357 e. The summed E-state index contributed by atoms with van der Waals surface area (Å²) >= 11 is 0. The summed E-state index contributed by atoms with van der Waals surface area (Å²) in [7, 11) is 0. The van der Waals surface area contributed by atoms with Crippen molar-refractivity contribution in [2.24, 2.45) is 5.73 Å². The van der Waals surface area contributed by atoms with Crippen LogP contribution in [0.4, 0.5) is 5.82 Å². The van der Waals surface area contributed by atoms with Gasteiger partial charge in [-0.1, -0.05) is 6.07 Å². The standard InChI is InChI=1S/C11H17N3/c12-7-6-10-4-3-5-11(13-10)14-8-1-2-9-14/h3-5H,1-2,6-9,12H2. The Morgan fingerprint density at radius 1 is 1.29 bits per heavy atom. The third-order valence-corrected chi connectivity index (χ3v) is 2.62. The minimum atomic E-state index is 0.677. The summed E-state index contributed by atoms with van der Waals surface area (Å²) in [5, 5.41) is 0. The average molecular weight is 191 g/mol. The van der Waals surface area contributed by atoms with Crippen molar-refractivity contribution in [3.05, 3.63) is 23.9 Å². The number of hydrogen-bond donors (Lipinski definition) is 1. The van der Waals surface area contributed by atoms with Crippen molar-refractivity contribution >= 4 is 5.82 Å². The van der Waals surface area contributed by atoms with Crippen LogP contribution >= 0.6 is 0 Å². The maximum absolute atomic E-state index is 5.51. The van der Waals surface area contributed by atoms with Gasteiger partial charge >= 0.3 is 0 Å². The molecule has 0 unspecified atom stereocenters. The van der Waals surface area contributed by atoms with E-state index in [-0.39, 0.29) is 0 Å². The third-order valence-electron chi connectivity index (χ3n) is 2.62. The van der Waals surface area contributed by atoms with Crippen LogP contribution in [0.15, 0.2) is 18.2 Å². The van der Waals surface area contributed by atoms with E-state index in [4.69, 9.17) is 5.73 Å². The van der Waals surface area contributed by atoms with Gasteiger partial charge in [-0.2, -0.15) is 0 Å². The van der Waals surface area contributed by atoms with Gasteiger partial charge in [0.2, 0.25) is 0 Å². The Hall–Kier alpha value is -1.09. The molecule has 0 saturated carbocycles. The van der Waals surface area contributed by atoms with E-state index >= 15 is 0 Å². The van der Waals surface area contributed by atoms with Crippen molar-refractivity contribution in [1.82, 2.24) is 4.98 Å². The molecule has 1 aromatic heterocycles. The topological polar surface area (TPSA) is 42.1 Å². The molecule has 0 aliphatic carbocycles. The summed E-state index contributed by atoms with van der Waals surface area (Å²) in [5.41, 5.74) is 6.62. The van der Waals surface area contributed by atoms with E-state index in [0.29, 0.717) is 6.54 Å². The molecule has 3 heteroatoms. The first kappa shape index (κ1) is 9.46. The molecule has 2 N–H and O–H groups in total. The molecule has 0 amide bonds. The predicted molar refractivity (Wildman–Crippen MR) is 58.4 cm³/mol. The van der Waals surface area contributed by atoms with Crippen LogP contribution in [0.25, 0.3) is 0 Å².